The fraction of sp³-hybridized carbons (Fsp3) is 0.273. The predicted molar refractivity (Wildman–Crippen MR) is 105 cm³/mol. The summed E-state index contributed by atoms with van der Waals surface area (Å²) in [7, 11) is 1.52. The summed E-state index contributed by atoms with van der Waals surface area (Å²) in [5.74, 6) is 1.17. The molecule has 0 spiro atoms. The van der Waals surface area contributed by atoms with Crippen molar-refractivity contribution >= 4 is 12.0 Å². The molecule has 2 aromatic carbocycles. The van der Waals surface area contributed by atoms with Crippen LogP contribution in [0.2, 0.25) is 0 Å². The molecular weight excluding hydrogens is 358 g/mol. The highest BCUT2D eigenvalue weighted by Gasteiger charge is 2.11. The number of nitriles is 1. The Bertz CT molecular complexity index is 883. The molecule has 2 rings (SSSR count). The fourth-order valence-electron chi connectivity index (χ4n) is 2.42. The van der Waals surface area contributed by atoms with Crippen LogP contribution >= 0.6 is 0 Å². The highest BCUT2D eigenvalue weighted by Crippen LogP contribution is 2.29. The topological polar surface area (TPSA) is 77.8 Å². The Balaban J connectivity index is 2.00. The number of aryl methyl sites for hydroxylation is 1. The molecule has 0 atom stereocenters. The number of hydrogen-bond acceptors (Lipinski definition) is 6. The minimum Gasteiger partial charge on any atom is -0.493 e. The lowest BCUT2D eigenvalue weighted by molar-refractivity contribution is -0.137. The van der Waals surface area contributed by atoms with Crippen molar-refractivity contribution in [2.75, 3.05) is 26.9 Å². The van der Waals surface area contributed by atoms with Gasteiger partial charge in [-0.3, -0.25) is 0 Å². The molecule has 0 fully saturated rings. The van der Waals surface area contributed by atoms with E-state index in [2.05, 4.69) is 0 Å². The van der Waals surface area contributed by atoms with Crippen molar-refractivity contribution in [3.8, 4) is 23.3 Å². The SMILES string of the molecule is CCOC(=O)/C(C#N)=C/c1ccc(OCCOc2cccc(C)c2)c(OC)c1. The maximum atomic E-state index is 11.7. The first kappa shape index (κ1) is 20.8. The quantitative estimate of drug-likeness (QED) is 0.283. The van der Waals surface area contributed by atoms with Crippen LogP contribution in [0.3, 0.4) is 0 Å². The molecule has 0 N–H and O–H groups in total. The highest BCUT2D eigenvalue weighted by molar-refractivity contribution is 5.97. The Kier molecular flexibility index (Phi) is 7.92. The van der Waals surface area contributed by atoms with Crippen LogP contribution in [0.4, 0.5) is 0 Å². The van der Waals surface area contributed by atoms with Crippen molar-refractivity contribution < 1.29 is 23.7 Å². The molecule has 0 heterocycles. The van der Waals surface area contributed by atoms with Gasteiger partial charge >= 0.3 is 5.97 Å². The number of methoxy groups -OCH3 is 1. The number of nitrogens with zero attached hydrogens (tertiary/aromatic N) is 1. The maximum Gasteiger partial charge on any atom is 0.348 e. The van der Waals surface area contributed by atoms with E-state index in [1.165, 1.54) is 13.2 Å². The molecule has 0 aliphatic carbocycles. The van der Waals surface area contributed by atoms with Crippen molar-refractivity contribution in [3.63, 3.8) is 0 Å². The molecule has 0 unspecified atom stereocenters. The molecule has 0 aliphatic heterocycles. The van der Waals surface area contributed by atoms with Crippen LogP contribution < -0.4 is 14.2 Å². The van der Waals surface area contributed by atoms with Crippen LogP contribution in [0.1, 0.15) is 18.1 Å². The first-order chi connectivity index (χ1) is 13.6. The smallest absolute Gasteiger partial charge is 0.348 e. The average molecular weight is 381 g/mol. The van der Waals surface area contributed by atoms with Gasteiger partial charge in [0.05, 0.1) is 13.7 Å². The van der Waals surface area contributed by atoms with Gasteiger partial charge in [0.1, 0.15) is 30.6 Å². The molecule has 6 nitrogen and oxygen atoms in total. The van der Waals surface area contributed by atoms with E-state index in [0.717, 1.165) is 11.3 Å². The first-order valence-electron chi connectivity index (χ1n) is 8.86. The molecule has 0 aromatic heterocycles. The van der Waals surface area contributed by atoms with E-state index in [9.17, 15) is 4.79 Å². The monoisotopic (exact) mass is 381 g/mol. The Morgan fingerprint density at radius 3 is 2.57 bits per heavy atom. The Labute approximate surface area is 164 Å². The highest BCUT2D eigenvalue weighted by atomic mass is 16.5. The number of esters is 1. The molecule has 146 valence electrons. The minimum absolute atomic E-state index is 0.0795. The lowest BCUT2D eigenvalue weighted by atomic mass is 10.1. The van der Waals surface area contributed by atoms with Crippen LogP contribution in [0.5, 0.6) is 17.2 Å². The molecule has 6 heteroatoms. The minimum atomic E-state index is -0.655. The number of benzene rings is 2. The van der Waals surface area contributed by atoms with Gasteiger partial charge in [-0.1, -0.05) is 18.2 Å². The second-order valence-electron chi connectivity index (χ2n) is 5.81. The van der Waals surface area contributed by atoms with E-state index in [4.69, 9.17) is 24.2 Å². The van der Waals surface area contributed by atoms with Crippen LogP contribution in [-0.2, 0) is 9.53 Å². The van der Waals surface area contributed by atoms with Gasteiger partial charge in [0.2, 0.25) is 0 Å². The Hall–Kier alpha value is -3.46. The summed E-state index contributed by atoms with van der Waals surface area (Å²) in [6, 6.07) is 14.8. The van der Waals surface area contributed by atoms with E-state index in [1.54, 1.807) is 25.1 Å². The van der Waals surface area contributed by atoms with Crippen LogP contribution in [0.15, 0.2) is 48.0 Å². The second kappa shape index (κ2) is 10.6. The summed E-state index contributed by atoms with van der Waals surface area (Å²) in [5.41, 5.74) is 1.68. The fourth-order valence-corrected chi connectivity index (χ4v) is 2.42. The summed E-state index contributed by atoms with van der Waals surface area (Å²) in [5, 5.41) is 9.13. The molecule has 2 aromatic rings. The Morgan fingerprint density at radius 2 is 1.89 bits per heavy atom. The summed E-state index contributed by atoms with van der Waals surface area (Å²) < 4.78 is 21.6. The number of rotatable bonds is 9. The third-order valence-corrected chi connectivity index (χ3v) is 3.71. The van der Waals surface area contributed by atoms with Crippen LogP contribution in [0.25, 0.3) is 6.08 Å². The molecule has 0 bridgehead atoms. The second-order valence-corrected chi connectivity index (χ2v) is 5.81. The van der Waals surface area contributed by atoms with E-state index >= 15 is 0 Å². The zero-order valence-corrected chi connectivity index (χ0v) is 16.2. The van der Waals surface area contributed by atoms with Gasteiger partial charge in [0, 0.05) is 0 Å². The van der Waals surface area contributed by atoms with Crippen LogP contribution in [-0.4, -0.2) is 32.9 Å². The van der Waals surface area contributed by atoms with Crippen molar-refractivity contribution in [1.82, 2.24) is 0 Å². The van der Waals surface area contributed by atoms with E-state index < -0.39 is 5.97 Å². The number of hydrogen-bond donors (Lipinski definition) is 0. The number of carbonyl (C=O) groups is 1. The van der Waals surface area contributed by atoms with Gasteiger partial charge < -0.3 is 18.9 Å². The largest absolute Gasteiger partial charge is 0.493 e. The first-order valence-corrected chi connectivity index (χ1v) is 8.86. The zero-order chi connectivity index (χ0) is 20.4. The molecule has 0 amide bonds. The van der Waals surface area contributed by atoms with Gasteiger partial charge in [0.15, 0.2) is 11.5 Å². The third-order valence-electron chi connectivity index (χ3n) is 3.71. The maximum absolute atomic E-state index is 11.7. The normalized spacial score (nSPS) is 10.7. The summed E-state index contributed by atoms with van der Waals surface area (Å²) in [4.78, 5) is 11.7. The lowest BCUT2D eigenvalue weighted by Crippen LogP contribution is -2.09. The molecule has 28 heavy (non-hydrogen) atoms. The summed E-state index contributed by atoms with van der Waals surface area (Å²) in [6.45, 7) is 4.62. The molecule has 0 aliphatic rings. The van der Waals surface area contributed by atoms with Crippen LogP contribution in [0, 0.1) is 18.3 Å². The van der Waals surface area contributed by atoms with E-state index in [-0.39, 0.29) is 12.2 Å². The van der Waals surface area contributed by atoms with Gasteiger partial charge in [-0.15, -0.1) is 0 Å². The van der Waals surface area contributed by atoms with E-state index in [1.807, 2.05) is 37.3 Å². The third kappa shape index (κ3) is 6.06. The molecular formula is C22H23NO5. The molecule has 0 saturated heterocycles. The van der Waals surface area contributed by atoms with E-state index in [0.29, 0.717) is 30.3 Å². The van der Waals surface area contributed by atoms with Gasteiger partial charge in [-0.25, -0.2) is 4.79 Å². The van der Waals surface area contributed by atoms with Crippen molar-refractivity contribution in [1.29, 1.82) is 5.26 Å². The van der Waals surface area contributed by atoms with Gasteiger partial charge in [0.25, 0.3) is 0 Å². The Morgan fingerprint density at radius 1 is 1.11 bits per heavy atom. The number of ether oxygens (including phenoxy) is 4. The summed E-state index contributed by atoms with van der Waals surface area (Å²) in [6.07, 6.45) is 1.45. The predicted octanol–water partition coefficient (Wildman–Crippen LogP) is 3.93. The van der Waals surface area contributed by atoms with Gasteiger partial charge in [-0.05, 0) is 55.3 Å². The number of carbonyl (C=O) groups excluding carboxylic acids is 1. The summed E-state index contributed by atoms with van der Waals surface area (Å²) >= 11 is 0. The zero-order valence-electron chi connectivity index (χ0n) is 16.2. The molecule has 0 saturated carbocycles. The average Bonchev–Trinajstić information content (AvgIpc) is 2.70. The molecule has 0 radical (unpaired) electrons. The standard InChI is InChI=1S/C22H23NO5/c1-4-26-22(24)18(15-23)13-17-8-9-20(21(14-17)25-3)28-11-10-27-19-7-5-6-16(2)12-19/h5-9,12-14H,4,10-11H2,1-3H3/b18-13+. The van der Waals surface area contributed by atoms with Crippen molar-refractivity contribution in [3.05, 3.63) is 59.2 Å². The van der Waals surface area contributed by atoms with Gasteiger partial charge in [-0.2, -0.15) is 5.26 Å². The lowest BCUT2D eigenvalue weighted by Gasteiger charge is -2.12. The van der Waals surface area contributed by atoms with Crippen molar-refractivity contribution in [2.45, 2.75) is 13.8 Å². The van der Waals surface area contributed by atoms with Crippen molar-refractivity contribution in [2.24, 2.45) is 0 Å².